The third kappa shape index (κ3) is 8.53. The molecule has 0 aromatic heterocycles. The molecule has 3 amide bonds. The zero-order chi connectivity index (χ0) is 30.3. The number of likely N-dealkylation sites (N-methyl/N-ethyl adjacent to an activating group) is 1. The van der Waals surface area contributed by atoms with E-state index in [0.29, 0.717) is 11.3 Å². The lowest BCUT2D eigenvalue weighted by Crippen LogP contribution is -2.63. The summed E-state index contributed by atoms with van der Waals surface area (Å²) in [6, 6.07) is 12.0. The molecule has 2 heterocycles. The molecule has 2 bridgehead atoms. The van der Waals surface area contributed by atoms with Gasteiger partial charge in [-0.15, -0.1) is 0 Å². The van der Waals surface area contributed by atoms with Crippen LogP contribution in [-0.4, -0.2) is 78.1 Å². The maximum Gasteiger partial charge on any atom is 0.326 e. The second kappa shape index (κ2) is 14.1. The van der Waals surface area contributed by atoms with Crippen molar-refractivity contribution in [3.8, 4) is 5.75 Å². The van der Waals surface area contributed by atoms with E-state index in [4.69, 9.17) is 4.74 Å². The lowest BCUT2D eigenvalue weighted by Gasteiger charge is -2.34. The standard InChI is InChI=1S/C31H42N4O6/c1-18(2)26(35(5)6)30(38)34-25-27(19(3)4)41-22-14-12-21(13-15-22)17-24(31(39)40)33-28(36)23(32-29(25)37)16-20-10-8-7-9-11-20/h7-15,18-19,23-27H,16-17H2,1-6H3,(H,32,37)(H,33,36)(H,34,38)(H,39,40). The normalized spacial score (nSPS) is 22.5. The second-order valence-corrected chi connectivity index (χ2v) is 11.5. The van der Waals surface area contributed by atoms with Gasteiger partial charge in [0.2, 0.25) is 17.7 Å². The first kappa shape index (κ1) is 31.6. The van der Waals surface area contributed by atoms with E-state index in [-0.39, 0.29) is 30.6 Å². The summed E-state index contributed by atoms with van der Waals surface area (Å²) in [7, 11) is 3.60. The molecule has 0 aliphatic carbocycles. The monoisotopic (exact) mass is 566 g/mol. The van der Waals surface area contributed by atoms with Gasteiger partial charge in [-0.3, -0.25) is 19.3 Å². The molecule has 4 N–H and O–H groups in total. The highest BCUT2D eigenvalue weighted by atomic mass is 16.5. The Kier molecular flexibility index (Phi) is 10.9. The van der Waals surface area contributed by atoms with Crippen molar-refractivity contribution in [3.05, 3.63) is 65.7 Å². The van der Waals surface area contributed by atoms with E-state index in [1.165, 1.54) is 0 Å². The number of amides is 3. The van der Waals surface area contributed by atoms with E-state index < -0.39 is 48.1 Å². The van der Waals surface area contributed by atoms with Crippen molar-refractivity contribution in [3.63, 3.8) is 0 Å². The zero-order valence-corrected chi connectivity index (χ0v) is 24.6. The van der Waals surface area contributed by atoms with Crippen LogP contribution in [0.1, 0.15) is 38.8 Å². The topological polar surface area (TPSA) is 137 Å². The molecule has 41 heavy (non-hydrogen) atoms. The number of rotatable bonds is 8. The first-order valence-corrected chi connectivity index (χ1v) is 14.0. The molecule has 2 aliphatic heterocycles. The summed E-state index contributed by atoms with van der Waals surface area (Å²) in [5.74, 6) is -2.54. The number of carbonyl (C=O) groups is 4. The Morgan fingerprint density at radius 3 is 2.15 bits per heavy atom. The Labute approximate surface area is 241 Å². The van der Waals surface area contributed by atoms with Gasteiger partial charge in [0.15, 0.2) is 0 Å². The fourth-order valence-electron chi connectivity index (χ4n) is 5.15. The van der Waals surface area contributed by atoms with Crippen molar-refractivity contribution < 1.29 is 29.0 Å². The number of ether oxygens (including phenoxy) is 1. The minimum absolute atomic E-state index is 0.0397. The minimum Gasteiger partial charge on any atom is -0.487 e. The van der Waals surface area contributed by atoms with Gasteiger partial charge in [-0.05, 0) is 49.2 Å². The largest absolute Gasteiger partial charge is 0.487 e. The molecule has 2 aromatic rings. The highest BCUT2D eigenvalue weighted by molar-refractivity contribution is 5.94. The van der Waals surface area contributed by atoms with Gasteiger partial charge in [0.1, 0.15) is 30.0 Å². The van der Waals surface area contributed by atoms with Crippen molar-refractivity contribution in [2.24, 2.45) is 11.8 Å². The quantitative estimate of drug-likeness (QED) is 0.384. The number of carboxylic acid groups (broad SMARTS) is 1. The van der Waals surface area contributed by atoms with Crippen LogP contribution in [0.15, 0.2) is 54.6 Å². The lowest BCUT2D eigenvalue weighted by atomic mass is 9.95. The number of carboxylic acids is 1. The van der Waals surface area contributed by atoms with Gasteiger partial charge in [0.05, 0.1) is 6.04 Å². The highest BCUT2D eigenvalue weighted by Crippen LogP contribution is 2.22. The maximum absolute atomic E-state index is 14.0. The van der Waals surface area contributed by atoms with E-state index in [2.05, 4.69) is 16.0 Å². The third-order valence-corrected chi connectivity index (χ3v) is 7.19. The Morgan fingerprint density at radius 2 is 1.61 bits per heavy atom. The predicted octanol–water partition coefficient (Wildman–Crippen LogP) is 2.01. The van der Waals surface area contributed by atoms with Gasteiger partial charge in [-0.25, -0.2) is 4.79 Å². The number of hydrogen-bond donors (Lipinski definition) is 4. The summed E-state index contributed by atoms with van der Waals surface area (Å²) < 4.78 is 6.31. The maximum atomic E-state index is 14.0. The van der Waals surface area contributed by atoms with E-state index in [9.17, 15) is 24.3 Å². The molecule has 222 valence electrons. The Morgan fingerprint density at radius 1 is 0.976 bits per heavy atom. The molecular formula is C31H42N4O6. The van der Waals surface area contributed by atoms with Crippen molar-refractivity contribution in [1.29, 1.82) is 0 Å². The van der Waals surface area contributed by atoms with E-state index in [1.807, 2.05) is 58.0 Å². The molecule has 0 radical (unpaired) electrons. The number of hydrogen-bond acceptors (Lipinski definition) is 6. The van der Waals surface area contributed by atoms with Crippen molar-refractivity contribution in [1.82, 2.24) is 20.9 Å². The molecule has 0 saturated heterocycles. The smallest absolute Gasteiger partial charge is 0.326 e. The zero-order valence-electron chi connectivity index (χ0n) is 24.6. The number of aliphatic carboxylic acids is 1. The van der Waals surface area contributed by atoms with Gasteiger partial charge in [-0.2, -0.15) is 0 Å². The van der Waals surface area contributed by atoms with E-state index in [1.54, 1.807) is 43.3 Å². The molecule has 10 nitrogen and oxygen atoms in total. The van der Waals surface area contributed by atoms with Gasteiger partial charge < -0.3 is 25.8 Å². The first-order chi connectivity index (χ1) is 19.4. The highest BCUT2D eigenvalue weighted by Gasteiger charge is 2.39. The van der Waals surface area contributed by atoms with Crippen molar-refractivity contribution in [2.45, 2.75) is 70.8 Å². The lowest BCUT2D eigenvalue weighted by molar-refractivity contribution is -0.142. The summed E-state index contributed by atoms with van der Waals surface area (Å²) in [6.45, 7) is 7.64. The van der Waals surface area contributed by atoms with Crippen LogP contribution < -0.4 is 20.7 Å². The summed E-state index contributed by atoms with van der Waals surface area (Å²) in [5.41, 5.74) is 1.47. The van der Waals surface area contributed by atoms with Gasteiger partial charge in [0, 0.05) is 12.8 Å². The van der Waals surface area contributed by atoms with Crippen LogP contribution in [0.4, 0.5) is 0 Å². The van der Waals surface area contributed by atoms with Crippen LogP contribution in [0.5, 0.6) is 5.75 Å². The number of benzene rings is 2. The molecule has 0 saturated carbocycles. The average molecular weight is 567 g/mol. The molecule has 5 unspecified atom stereocenters. The molecule has 2 aliphatic rings. The van der Waals surface area contributed by atoms with Crippen LogP contribution in [0.2, 0.25) is 0 Å². The number of nitrogens with one attached hydrogen (secondary N) is 3. The Balaban J connectivity index is 2.08. The van der Waals surface area contributed by atoms with E-state index in [0.717, 1.165) is 5.56 Å². The average Bonchev–Trinajstić information content (AvgIpc) is 2.90. The molecule has 5 atom stereocenters. The summed E-state index contributed by atoms with van der Waals surface area (Å²) in [5, 5.41) is 18.2. The van der Waals surface area contributed by atoms with Crippen molar-refractivity contribution >= 4 is 23.7 Å². The number of fused-ring (bicyclic) bond motifs is 11. The van der Waals surface area contributed by atoms with Gasteiger partial charge in [0.25, 0.3) is 0 Å². The van der Waals surface area contributed by atoms with E-state index >= 15 is 0 Å². The van der Waals surface area contributed by atoms with Crippen LogP contribution >= 0.6 is 0 Å². The van der Waals surface area contributed by atoms with Crippen LogP contribution in [0.25, 0.3) is 0 Å². The third-order valence-electron chi connectivity index (χ3n) is 7.19. The molecular weight excluding hydrogens is 524 g/mol. The van der Waals surface area contributed by atoms with Crippen molar-refractivity contribution in [2.75, 3.05) is 14.1 Å². The summed E-state index contributed by atoms with van der Waals surface area (Å²) in [4.78, 5) is 54.9. The molecule has 10 heteroatoms. The summed E-state index contributed by atoms with van der Waals surface area (Å²) >= 11 is 0. The molecule has 0 fully saturated rings. The molecule has 2 aromatic carbocycles. The fraction of sp³-hybridized carbons (Fsp3) is 0.484. The van der Waals surface area contributed by atoms with Crippen LogP contribution in [0.3, 0.4) is 0 Å². The first-order valence-electron chi connectivity index (χ1n) is 14.0. The number of carbonyl (C=O) groups excluding carboxylic acids is 3. The second-order valence-electron chi connectivity index (χ2n) is 11.5. The molecule has 0 spiro atoms. The Bertz CT molecular complexity index is 1190. The predicted molar refractivity (Wildman–Crippen MR) is 155 cm³/mol. The SMILES string of the molecule is CC(C)C1Oc2ccc(cc2)CC(C(=O)O)NC(=O)C(Cc2ccccc2)NC(=O)C1NC(=O)C(C(C)C)N(C)C. The fourth-order valence-corrected chi connectivity index (χ4v) is 5.15. The van der Waals surface area contributed by atoms with Gasteiger partial charge in [-0.1, -0.05) is 70.2 Å². The number of nitrogens with zero attached hydrogens (tertiary/aromatic N) is 1. The Hall–Kier alpha value is -3.92. The molecule has 4 rings (SSSR count). The van der Waals surface area contributed by atoms with Crippen LogP contribution in [0, 0.1) is 11.8 Å². The van der Waals surface area contributed by atoms with Gasteiger partial charge >= 0.3 is 5.97 Å². The minimum atomic E-state index is -1.21. The van der Waals surface area contributed by atoms with Crippen LogP contribution in [-0.2, 0) is 32.0 Å². The summed E-state index contributed by atoms with van der Waals surface area (Å²) in [6.07, 6.45) is -0.589.